The van der Waals surface area contributed by atoms with Crippen molar-refractivity contribution in [2.24, 2.45) is 0 Å². The lowest BCUT2D eigenvalue weighted by Crippen LogP contribution is -2.13. The zero-order valence-electron chi connectivity index (χ0n) is 10.4. The average Bonchev–Trinajstić information content (AvgIpc) is 2.75. The molecule has 1 heterocycles. The lowest BCUT2D eigenvalue weighted by atomic mass is 10.3. The summed E-state index contributed by atoms with van der Waals surface area (Å²) in [6.45, 7) is 3.59. The quantitative estimate of drug-likeness (QED) is 0.812. The molecule has 19 heavy (non-hydrogen) atoms. The van der Waals surface area contributed by atoms with Gasteiger partial charge in [0.25, 0.3) is 0 Å². The summed E-state index contributed by atoms with van der Waals surface area (Å²) >= 11 is 5.71. The van der Waals surface area contributed by atoms with E-state index in [1.807, 2.05) is 0 Å². The summed E-state index contributed by atoms with van der Waals surface area (Å²) in [5.74, 6) is -1.08. The molecule has 0 aliphatic rings. The fraction of sp³-hybridized carbons (Fsp3) is 0.250. The Balaban J connectivity index is 2.50. The molecule has 5 nitrogen and oxygen atoms in total. The van der Waals surface area contributed by atoms with Crippen molar-refractivity contribution < 1.29 is 13.9 Å². The molecule has 0 amide bonds. The average molecular weight is 284 g/mol. The van der Waals surface area contributed by atoms with Gasteiger partial charge in [-0.1, -0.05) is 16.8 Å². The van der Waals surface area contributed by atoms with Gasteiger partial charge in [-0.3, -0.25) is 0 Å². The second kappa shape index (κ2) is 5.36. The van der Waals surface area contributed by atoms with Gasteiger partial charge in [0.15, 0.2) is 5.69 Å². The van der Waals surface area contributed by atoms with Crippen LogP contribution >= 0.6 is 11.6 Å². The van der Waals surface area contributed by atoms with Crippen LogP contribution in [0.5, 0.6) is 0 Å². The Morgan fingerprint density at radius 2 is 2.26 bits per heavy atom. The Morgan fingerprint density at radius 1 is 1.53 bits per heavy atom. The molecule has 0 atom stereocenters. The van der Waals surface area contributed by atoms with Crippen molar-refractivity contribution in [3.63, 3.8) is 0 Å². The van der Waals surface area contributed by atoms with E-state index in [0.29, 0.717) is 11.4 Å². The fourth-order valence-corrected chi connectivity index (χ4v) is 1.76. The molecule has 0 bridgehead atoms. The van der Waals surface area contributed by atoms with Crippen molar-refractivity contribution in [2.75, 3.05) is 6.61 Å². The molecule has 0 saturated carbocycles. The van der Waals surface area contributed by atoms with Crippen molar-refractivity contribution in [1.29, 1.82) is 0 Å². The van der Waals surface area contributed by atoms with Gasteiger partial charge in [0.2, 0.25) is 0 Å². The number of ether oxygens (including phenoxy) is 1. The Hall–Kier alpha value is -1.95. The highest BCUT2D eigenvalue weighted by Gasteiger charge is 2.20. The summed E-state index contributed by atoms with van der Waals surface area (Å²) < 4.78 is 19.3. The second-order valence-electron chi connectivity index (χ2n) is 3.75. The summed E-state index contributed by atoms with van der Waals surface area (Å²) in [5, 5.41) is 7.61. The highest BCUT2D eigenvalue weighted by atomic mass is 35.5. The topological polar surface area (TPSA) is 57.0 Å². The number of nitrogens with zero attached hydrogens (tertiary/aromatic N) is 3. The number of hydrogen-bond donors (Lipinski definition) is 0. The molecule has 0 N–H and O–H groups in total. The summed E-state index contributed by atoms with van der Waals surface area (Å²) in [5.41, 5.74) is 1.07. The highest BCUT2D eigenvalue weighted by Crippen LogP contribution is 2.20. The highest BCUT2D eigenvalue weighted by molar-refractivity contribution is 6.30. The molecule has 2 aromatic rings. The number of esters is 1. The minimum atomic E-state index is -0.542. The molecule has 0 radical (unpaired) electrons. The predicted molar refractivity (Wildman–Crippen MR) is 67.0 cm³/mol. The maximum absolute atomic E-state index is 13.1. The van der Waals surface area contributed by atoms with Gasteiger partial charge in [0.05, 0.1) is 23.0 Å². The van der Waals surface area contributed by atoms with E-state index in [1.165, 1.54) is 22.9 Å². The molecule has 1 aromatic heterocycles. The van der Waals surface area contributed by atoms with Crippen LogP contribution in [-0.2, 0) is 4.74 Å². The first kappa shape index (κ1) is 13.5. The number of aromatic nitrogens is 3. The van der Waals surface area contributed by atoms with Crippen LogP contribution in [0.1, 0.15) is 23.1 Å². The van der Waals surface area contributed by atoms with Gasteiger partial charge in [0.1, 0.15) is 5.82 Å². The molecule has 1 aromatic carbocycles. The lowest BCUT2D eigenvalue weighted by molar-refractivity contribution is 0.0515. The number of carbonyl (C=O) groups excluding carboxylic acids is 1. The van der Waals surface area contributed by atoms with E-state index in [9.17, 15) is 9.18 Å². The second-order valence-corrected chi connectivity index (χ2v) is 4.16. The van der Waals surface area contributed by atoms with Gasteiger partial charge < -0.3 is 4.74 Å². The van der Waals surface area contributed by atoms with Crippen LogP contribution in [0.25, 0.3) is 5.69 Å². The first-order chi connectivity index (χ1) is 9.04. The van der Waals surface area contributed by atoms with Crippen LogP contribution in [0.15, 0.2) is 18.2 Å². The van der Waals surface area contributed by atoms with E-state index in [0.717, 1.165) is 0 Å². The van der Waals surface area contributed by atoms with Gasteiger partial charge in [-0.25, -0.2) is 13.9 Å². The largest absolute Gasteiger partial charge is 0.461 e. The van der Waals surface area contributed by atoms with Gasteiger partial charge in [0, 0.05) is 0 Å². The molecule has 0 fully saturated rings. The summed E-state index contributed by atoms with van der Waals surface area (Å²) in [6, 6.07) is 4.02. The monoisotopic (exact) mass is 283 g/mol. The Kier molecular flexibility index (Phi) is 3.80. The van der Waals surface area contributed by atoms with E-state index < -0.39 is 11.8 Å². The summed E-state index contributed by atoms with van der Waals surface area (Å²) in [6.07, 6.45) is 0. The SMILES string of the molecule is CCOC(=O)c1c(C)nnn1-c1ccc(F)c(Cl)c1. The van der Waals surface area contributed by atoms with Crippen molar-refractivity contribution in [3.8, 4) is 5.69 Å². The Morgan fingerprint density at radius 3 is 2.89 bits per heavy atom. The lowest BCUT2D eigenvalue weighted by Gasteiger charge is -2.07. The van der Waals surface area contributed by atoms with Crippen molar-refractivity contribution in [2.45, 2.75) is 13.8 Å². The van der Waals surface area contributed by atoms with Gasteiger partial charge in [-0.15, -0.1) is 5.10 Å². The van der Waals surface area contributed by atoms with Crippen LogP contribution in [0, 0.1) is 12.7 Å². The van der Waals surface area contributed by atoms with Crippen molar-refractivity contribution >= 4 is 17.6 Å². The van der Waals surface area contributed by atoms with Gasteiger partial charge >= 0.3 is 5.97 Å². The number of hydrogen-bond acceptors (Lipinski definition) is 4. The maximum atomic E-state index is 13.1. The zero-order chi connectivity index (χ0) is 14.0. The maximum Gasteiger partial charge on any atom is 0.359 e. The molecule has 0 unspecified atom stereocenters. The summed E-state index contributed by atoms with van der Waals surface area (Å²) in [4.78, 5) is 11.8. The molecule has 0 spiro atoms. The van der Waals surface area contributed by atoms with Crippen LogP contribution in [0.4, 0.5) is 4.39 Å². The zero-order valence-corrected chi connectivity index (χ0v) is 11.1. The van der Waals surface area contributed by atoms with E-state index in [2.05, 4.69) is 10.3 Å². The Labute approximate surface area is 113 Å². The molecular formula is C12H11ClFN3O2. The number of rotatable bonds is 3. The number of aryl methyl sites for hydroxylation is 1. The van der Waals surface area contributed by atoms with E-state index >= 15 is 0 Å². The van der Waals surface area contributed by atoms with E-state index in [4.69, 9.17) is 16.3 Å². The van der Waals surface area contributed by atoms with E-state index in [-0.39, 0.29) is 17.3 Å². The molecule has 0 aliphatic carbocycles. The summed E-state index contributed by atoms with van der Waals surface area (Å²) in [7, 11) is 0. The van der Waals surface area contributed by atoms with Crippen LogP contribution in [0.3, 0.4) is 0 Å². The predicted octanol–water partition coefficient (Wildman–Crippen LogP) is 2.54. The first-order valence-electron chi connectivity index (χ1n) is 5.59. The van der Waals surface area contributed by atoms with Crippen molar-refractivity contribution in [1.82, 2.24) is 15.0 Å². The third-order valence-electron chi connectivity index (χ3n) is 2.46. The molecule has 7 heteroatoms. The van der Waals surface area contributed by atoms with Crippen LogP contribution < -0.4 is 0 Å². The standard InChI is InChI=1S/C12H11ClFN3O2/c1-3-19-12(18)11-7(2)15-16-17(11)8-4-5-10(14)9(13)6-8/h4-6H,3H2,1-2H3. The number of halogens is 2. The minimum Gasteiger partial charge on any atom is -0.461 e. The Bertz CT molecular complexity index is 627. The van der Waals surface area contributed by atoms with Crippen LogP contribution in [-0.4, -0.2) is 27.6 Å². The number of benzene rings is 1. The minimum absolute atomic E-state index is 0.0551. The van der Waals surface area contributed by atoms with Crippen molar-refractivity contribution in [3.05, 3.63) is 40.4 Å². The third-order valence-corrected chi connectivity index (χ3v) is 2.74. The van der Waals surface area contributed by atoms with E-state index in [1.54, 1.807) is 13.8 Å². The molecule has 2 rings (SSSR count). The molecule has 100 valence electrons. The molecule has 0 saturated heterocycles. The molecular weight excluding hydrogens is 273 g/mol. The molecule has 0 aliphatic heterocycles. The van der Waals surface area contributed by atoms with Gasteiger partial charge in [-0.2, -0.15) is 0 Å². The third kappa shape index (κ3) is 2.58. The first-order valence-corrected chi connectivity index (χ1v) is 5.97. The van der Waals surface area contributed by atoms with Gasteiger partial charge in [-0.05, 0) is 32.0 Å². The van der Waals surface area contributed by atoms with Crippen LogP contribution in [0.2, 0.25) is 5.02 Å². The fourth-order valence-electron chi connectivity index (χ4n) is 1.59. The smallest absolute Gasteiger partial charge is 0.359 e. The number of carbonyl (C=O) groups is 1. The normalized spacial score (nSPS) is 10.5.